The predicted octanol–water partition coefficient (Wildman–Crippen LogP) is 4.71. The van der Waals surface area contributed by atoms with Gasteiger partial charge in [0, 0.05) is 50.6 Å². The maximum Gasteiger partial charge on any atom is 0.245 e. The molecule has 3 amide bonds. The molecular formula is C37H48FN5O3. The van der Waals surface area contributed by atoms with E-state index in [0.29, 0.717) is 32.0 Å². The van der Waals surface area contributed by atoms with Crippen molar-refractivity contribution in [2.24, 2.45) is 11.7 Å². The van der Waals surface area contributed by atoms with Gasteiger partial charge in [-0.1, -0.05) is 61.4 Å². The summed E-state index contributed by atoms with van der Waals surface area (Å²) in [6.45, 7) is 8.82. The van der Waals surface area contributed by atoms with E-state index in [9.17, 15) is 18.8 Å². The second kappa shape index (κ2) is 14.3. The van der Waals surface area contributed by atoms with Gasteiger partial charge in [-0.3, -0.25) is 19.3 Å². The van der Waals surface area contributed by atoms with E-state index in [0.717, 1.165) is 41.2 Å². The van der Waals surface area contributed by atoms with Gasteiger partial charge in [-0.25, -0.2) is 4.39 Å². The van der Waals surface area contributed by atoms with Crippen LogP contribution in [0.5, 0.6) is 0 Å². The van der Waals surface area contributed by atoms with Crippen LogP contribution in [0.15, 0.2) is 66.7 Å². The molecule has 3 atom stereocenters. The monoisotopic (exact) mass is 629 g/mol. The van der Waals surface area contributed by atoms with Gasteiger partial charge in [-0.05, 0) is 80.1 Å². The Morgan fingerprint density at radius 1 is 0.957 bits per heavy atom. The number of carbonyl (C=O) groups excluding carboxylic acids is 3. The van der Waals surface area contributed by atoms with E-state index in [2.05, 4.69) is 45.9 Å². The molecule has 1 aliphatic heterocycles. The first-order chi connectivity index (χ1) is 21.9. The zero-order valence-electron chi connectivity index (χ0n) is 27.5. The summed E-state index contributed by atoms with van der Waals surface area (Å²) in [6, 6.07) is 19.6. The van der Waals surface area contributed by atoms with Crippen LogP contribution >= 0.6 is 0 Å². The van der Waals surface area contributed by atoms with Gasteiger partial charge in [0.2, 0.25) is 17.7 Å². The Morgan fingerprint density at radius 3 is 2.30 bits per heavy atom. The highest BCUT2D eigenvalue weighted by Gasteiger charge is 2.40. The van der Waals surface area contributed by atoms with Gasteiger partial charge in [0.05, 0.1) is 5.54 Å². The number of piperazine rings is 1. The number of nitrogens with two attached hydrogens (primary N) is 1. The lowest BCUT2D eigenvalue weighted by Gasteiger charge is -2.46. The van der Waals surface area contributed by atoms with Crippen molar-refractivity contribution in [2.75, 3.05) is 19.6 Å². The minimum absolute atomic E-state index is 0.00289. The van der Waals surface area contributed by atoms with Crippen LogP contribution in [-0.4, -0.2) is 70.8 Å². The van der Waals surface area contributed by atoms with Crippen LogP contribution < -0.4 is 16.4 Å². The van der Waals surface area contributed by atoms with Gasteiger partial charge in [0.15, 0.2) is 0 Å². The lowest BCUT2D eigenvalue weighted by Crippen LogP contribution is -2.62. The molecule has 2 aliphatic rings. The van der Waals surface area contributed by atoms with Gasteiger partial charge < -0.3 is 21.3 Å². The topological polar surface area (TPSA) is 108 Å². The van der Waals surface area contributed by atoms with E-state index in [4.69, 9.17) is 5.73 Å². The second-order valence-electron chi connectivity index (χ2n) is 14.0. The number of halogens is 1. The zero-order chi connectivity index (χ0) is 33.0. The Bertz CT molecular complexity index is 1530. The number of nitrogens with one attached hydrogen (secondary N) is 2. The molecule has 1 aliphatic carbocycles. The molecule has 0 aromatic heterocycles. The molecule has 1 heterocycles. The van der Waals surface area contributed by atoms with Crippen LogP contribution in [0.1, 0.15) is 70.5 Å². The minimum atomic E-state index is -1.17. The fourth-order valence-electron chi connectivity index (χ4n) is 6.42. The number of fused-ring (bicyclic) bond motifs is 1. The van der Waals surface area contributed by atoms with Crippen molar-refractivity contribution in [1.29, 1.82) is 0 Å². The Morgan fingerprint density at radius 2 is 1.65 bits per heavy atom. The van der Waals surface area contributed by atoms with Crippen molar-refractivity contribution in [1.82, 2.24) is 20.4 Å². The van der Waals surface area contributed by atoms with E-state index in [-0.39, 0.29) is 42.2 Å². The first kappa shape index (κ1) is 33.5. The molecule has 3 aromatic carbocycles. The third-order valence-corrected chi connectivity index (χ3v) is 9.07. The van der Waals surface area contributed by atoms with Gasteiger partial charge in [0.25, 0.3) is 0 Å². The molecule has 1 saturated carbocycles. The highest BCUT2D eigenvalue weighted by atomic mass is 19.1. The van der Waals surface area contributed by atoms with E-state index in [1.165, 1.54) is 12.1 Å². The summed E-state index contributed by atoms with van der Waals surface area (Å²) in [5.41, 5.74) is 6.76. The van der Waals surface area contributed by atoms with Crippen molar-refractivity contribution in [3.8, 4) is 0 Å². The fraction of sp³-hybridized carbons (Fsp3) is 0.486. The number of amides is 3. The summed E-state index contributed by atoms with van der Waals surface area (Å²) in [7, 11) is 0. The lowest BCUT2D eigenvalue weighted by atomic mass is 9.94. The summed E-state index contributed by atoms with van der Waals surface area (Å²) in [6.07, 6.45) is 3.69. The third-order valence-electron chi connectivity index (χ3n) is 9.07. The number of rotatable bonds is 12. The average molecular weight is 630 g/mol. The number of benzene rings is 3. The van der Waals surface area contributed by atoms with Crippen LogP contribution in [0.4, 0.5) is 4.39 Å². The molecule has 0 bridgehead atoms. The van der Waals surface area contributed by atoms with Crippen molar-refractivity contribution < 1.29 is 18.8 Å². The van der Waals surface area contributed by atoms with Crippen molar-refractivity contribution in [3.05, 3.63) is 83.7 Å². The Hall–Kier alpha value is -3.82. The second-order valence-corrected chi connectivity index (χ2v) is 14.0. The van der Waals surface area contributed by atoms with Crippen molar-refractivity contribution in [2.45, 2.75) is 89.5 Å². The molecule has 2 fully saturated rings. The molecule has 8 nitrogen and oxygen atoms in total. The molecule has 3 aromatic rings. The molecule has 0 radical (unpaired) electrons. The number of nitrogens with zero attached hydrogens (tertiary/aromatic N) is 2. The number of carbonyl (C=O) groups is 3. The molecular weight excluding hydrogens is 581 g/mol. The first-order valence-electron chi connectivity index (χ1n) is 16.5. The summed E-state index contributed by atoms with van der Waals surface area (Å²) >= 11 is 0. The van der Waals surface area contributed by atoms with Gasteiger partial charge in [0.1, 0.15) is 11.9 Å². The maximum atomic E-state index is 14.4. The standard InChI is InChI=1S/C37H48FN5O3/c1-24(2)40-34(44)22-33(29-14-13-27-7-5-6-8-28(27)21-29)42-17-18-43(31(23-42)19-25-9-10-25)35(45)32(41-36(46)37(3,4)39)20-26-11-15-30(38)16-12-26/h5-8,11-16,21,24-25,31-33H,9-10,17-20,22-23,39H2,1-4H3,(H,40,44)(H,41,46). The fourth-order valence-corrected chi connectivity index (χ4v) is 6.42. The molecule has 5 rings (SSSR count). The maximum absolute atomic E-state index is 14.4. The molecule has 0 spiro atoms. The molecule has 9 heteroatoms. The molecule has 3 unspecified atom stereocenters. The summed E-state index contributed by atoms with van der Waals surface area (Å²) in [4.78, 5) is 44.8. The predicted molar refractivity (Wildman–Crippen MR) is 179 cm³/mol. The van der Waals surface area contributed by atoms with Crippen LogP contribution in [0.2, 0.25) is 0 Å². The summed E-state index contributed by atoms with van der Waals surface area (Å²) in [5.74, 6) is -0.388. The van der Waals surface area contributed by atoms with Crippen molar-refractivity contribution in [3.63, 3.8) is 0 Å². The largest absolute Gasteiger partial charge is 0.354 e. The van der Waals surface area contributed by atoms with Gasteiger partial charge >= 0.3 is 0 Å². The highest BCUT2D eigenvalue weighted by Crippen LogP contribution is 2.37. The summed E-state index contributed by atoms with van der Waals surface area (Å²) < 4.78 is 13.7. The first-order valence-corrected chi connectivity index (χ1v) is 16.5. The Kier molecular flexibility index (Phi) is 10.4. The molecule has 1 saturated heterocycles. The quantitative estimate of drug-likeness (QED) is 0.269. The third kappa shape index (κ3) is 8.70. The van der Waals surface area contributed by atoms with E-state index >= 15 is 0 Å². The van der Waals surface area contributed by atoms with Crippen molar-refractivity contribution >= 4 is 28.5 Å². The summed E-state index contributed by atoms with van der Waals surface area (Å²) in [5, 5.41) is 8.25. The number of hydrogen-bond donors (Lipinski definition) is 3. The molecule has 46 heavy (non-hydrogen) atoms. The zero-order valence-corrected chi connectivity index (χ0v) is 27.5. The minimum Gasteiger partial charge on any atom is -0.354 e. The van der Waals surface area contributed by atoms with Crippen LogP contribution in [-0.2, 0) is 20.8 Å². The smallest absolute Gasteiger partial charge is 0.245 e. The normalized spacial score (nSPS) is 18.8. The van der Waals surface area contributed by atoms with E-state index in [1.54, 1.807) is 26.0 Å². The SMILES string of the molecule is CC(C)NC(=O)CC(c1ccc2ccccc2c1)N1CCN(C(=O)C(Cc2ccc(F)cc2)NC(=O)C(C)(C)N)C(CC2CC2)C1. The molecule has 246 valence electrons. The highest BCUT2D eigenvalue weighted by molar-refractivity contribution is 5.92. The lowest BCUT2D eigenvalue weighted by molar-refractivity contribution is -0.142. The Balaban J connectivity index is 1.42. The number of hydrogen-bond acceptors (Lipinski definition) is 5. The van der Waals surface area contributed by atoms with Crippen LogP contribution in [0.25, 0.3) is 10.8 Å². The van der Waals surface area contributed by atoms with Gasteiger partial charge in [-0.2, -0.15) is 0 Å². The van der Waals surface area contributed by atoms with Gasteiger partial charge in [-0.15, -0.1) is 0 Å². The Labute approximate surface area is 271 Å². The molecule has 4 N–H and O–H groups in total. The van der Waals surface area contributed by atoms with E-state index in [1.807, 2.05) is 30.9 Å². The van der Waals surface area contributed by atoms with Crippen LogP contribution in [0, 0.1) is 11.7 Å². The van der Waals surface area contributed by atoms with E-state index < -0.39 is 17.5 Å². The van der Waals surface area contributed by atoms with Crippen LogP contribution in [0.3, 0.4) is 0 Å². The average Bonchev–Trinajstić information content (AvgIpc) is 3.83.